The van der Waals surface area contributed by atoms with Crippen LogP contribution in [0.1, 0.15) is 94.1 Å². The molecule has 1 aromatic carbocycles. The first kappa shape index (κ1) is 38.0. The molecular formula is C34H61NO7. The fourth-order valence-corrected chi connectivity index (χ4v) is 4.70. The number of hydrogen-bond donors (Lipinski definition) is 2. The second kappa shape index (κ2) is 17.9. The lowest BCUT2D eigenvalue weighted by molar-refractivity contribution is -0.0422. The summed E-state index contributed by atoms with van der Waals surface area (Å²) in [5.74, 6) is 2.33. The molecule has 0 aliphatic rings. The number of aliphatic hydroxyl groups is 1. The first-order valence-corrected chi connectivity index (χ1v) is 15.6. The van der Waals surface area contributed by atoms with Crippen molar-refractivity contribution in [2.45, 2.75) is 118 Å². The second-order valence-corrected chi connectivity index (χ2v) is 14.1. The predicted octanol–water partition coefficient (Wildman–Crippen LogP) is 7.05. The number of rotatable bonds is 18. The third kappa shape index (κ3) is 15.4. The molecular weight excluding hydrogens is 534 g/mol. The molecule has 8 heteroatoms. The van der Waals surface area contributed by atoms with Crippen molar-refractivity contribution in [3.05, 3.63) is 23.8 Å². The van der Waals surface area contributed by atoms with Crippen LogP contribution in [0.4, 0.5) is 4.79 Å². The summed E-state index contributed by atoms with van der Waals surface area (Å²) in [6.45, 7) is 22.0. The van der Waals surface area contributed by atoms with E-state index in [1.165, 1.54) is 0 Å². The molecule has 1 aromatic rings. The summed E-state index contributed by atoms with van der Waals surface area (Å²) in [5.41, 5.74) is 0.209. The molecule has 0 unspecified atom stereocenters. The van der Waals surface area contributed by atoms with Gasteiger partial charge in [-0.2, -0.15) is 0 Å². The number of amides is 1. The molecule has 1 rings (SSSR count). The van der Waals surface area contributed by atoms with E-state index in [9.17, 15) is 9.90 Å². The van der Waals surface area contributed by atoms with Gasteiger partial charge < -0.3 is 34.1 Å². The Morgan fingerprint density at radius 1 is 0.881 bits per heavy atom. The maximum absolute atomic E-state index is 12.9. The molecule has 0 radical (unpaired) electrons. The Kier molecular flexibility index (Phi) is 16.2. The zero-order valence-corrected chi connectivity index (χ0v) is 28.5. The van der Waals surface area contributed by atoms with E-state index in [1.807, 2.05) is 53.7 Å². The van der Waals surface area contributed by atoms with Gasteiger partial charge in [0.15, 0.2) is 11.5 Å². The van der Waals surface area contributed by atoms with Crippen molar-refractivity contribution in [2.24, 2.45) is 23.7 Å². The van der Waals surface area contributed by atoms with E-state index >= 15 is 0 Å². The highest BCUT2D eigenvalue weighted by molar-refractivity contribution is 5.68. The maximum atomic E-state index is 12.9. The van der Waals surface area contributed by atoms with Gasteiger partial charge in [0.25, 0.3) is 0 Å². The van der Waals surface area contributed by atoms with Gasteiger partial charge in [-0.1, -0.05) is 33.8 Å². The largest absolute Gasteiger partial charge is 0.493 e. The van der Waals surface area contributed by atoms with E-state index in [1.54, 1.807) is 14.2 Å². The number of ether oxygens (including phenoxy) is 5. The van der Waals surface area contributed by atoms with E-state index in [2.05, 4.69) is 39.1 Å². The number of carbonyl (C=O) groups is 1. The van der Waals surface area contributed by atoms with Crippen molar-refractivity contribution in [2.75, 3.05) is 34.0 Å². The van der Waals surface area contributed by atoms with E-state index in [0.29, 0.717) is 56.0 Å². The topological polar surface area (TPSA) is 95.5 Å². The van der Waals surface area contributed by atoms with Crippen molar-refractivity contribution < 1.29 is 33.6 Å². The summed E-state index contributed by atoms with van der Waals surface area (Å²) in [7, 11) is 3.32. The van der Waals surface area contributed by atoms with Gasteiger partial charge in [0, 0.05) is 20.1 Å². The van der Waals surface area contributed by atoms with E-state index < -0.39 is 23.8 Å². The summed E-state index contributed by atoms with van der Waals surface area (Å²) in [4.78, 5) is 12.9. The number of alkyl carbamates (subject to hydrolysis) is 1. The molecule has 0 spiro atoms. The predicted molar refractivity (Wildman–Crippen MR) is 169 cm³/mol. The summed E-state index contributed by atoms with van der Waals surface area (Å²) >= 11 is 0. The Labute approximate surface area is 256 Å². The monoisotopic (exact) mass is 595 g/mol. The minimum atomic E-state index is -0.759. The number of carbonyl (C=O) groups excluding carboxylic acids is 1. The highest BCUT2D eigenvalue weighted by atomic mass is 16.6. The molecule has 0 fully saturated rings. The molecule has 0 aliphatic heterocycles. The van der Waals surface area contributed by atoms with Crippen LogP contribution in [0.2, 0.25) is 0 Å². The van der Waals surface area contributed by atoms with E-state index in [4.69, 9.17) is 23.7 Å². The van der Waals surface area contributed by atoms with Crippen molar-refractivity contribution in [1.82, 2.24) is 5.32 Å². The van der Waals surface area contributed by atoms with Gasteiger partial charge in [-0.25, -0.2) is 4.79 Å². The fourth-order valence-electron chi connectivity index (χ4n) is 4.70. The Balaban J connectivity index is 3.19. The summed E-state index contributed by atoms with van der Waals surface area (Å²) in [6.07, 6.45) is 1.38. The molecule has 2 N–H and O–H groups in total. The molecule has 0 heterocycles. The van der Waals surface area contributed by atoms with Crippen LogP contribution in [-0.2, 0) is 20.6 Å². The van der Waals surface area contributed by atoms with Gasteiger partial charge >= 0.3 is 6.09 Å². The molecule has 0 bridgehead atoms. The third-order valence-corrected chi connectivity index (χ3v) is 7.36. The normalized spacial score (nSPS) is 15.3. The van der Waals surface area contributed by atoms with Crippen LogP contribution < -0.4 is 14.8 Å². The van der Waals surface area contributed by atoms with Gasteiger partial charge in [-0.3, -0.25) is 0 Å². The first-order valence-electron chi connectivity index (χ1n) is 15.6. The zero-order chi connectivity index (χ0) is 32.1. The minimum absolute atomic E-state index is 0.138. The summed E-state index contributed by atoms with van der Waals surface area (Å²) in [6, 6.07) is 5.55. The molecule has 0 saturated carbocycles. The third-order valence-electron chi connectivity index (χ3n) is 7.36. The second-order valence-electron chi connectivity index (χ2n) is 14.1. The van der Waals surface area contributed by atoms with E-state index in [0.717, 1.165) is 18.4 Å². The number of nitrogens with one attached hydrogen (secondary N) is 1. The maximum Gasteiger partial charge on any atom is 0.407 e. The molecule has 244 valence electrons. The number of methoxy groups -OCH3 is 2. The molecule has 1 amide bonds. The quantitative estimate of drug-likeness (QED) is 0.176. The van der Waals surface area contributed by atoms with Gasteiger partial charge in [-0.05, 0) is 102 Å². The average Bonchev–Trinajstić information content (AvgIpc) is 2.86. The van der Waals surface area contributed by atoms with Crippen molar-refractivity contribution in [1.29, 1.82) is 0 Å². The van der Waals surface area contributed by atoms with E-state index in [-0.39, 0.29) is 17.4 Å². The molecule has 0 aliphatic carbocycles. The Bertz CT molecular complexity index is 904. The minimum Gasteiger partial charge on any atom is -0.493 e. The number of aliphatic hydroxyl groups excluding tert-OH is 1. The Morgan fingerprint density at radius 2 is 1.52 bits per heavy atom. The van der Waals surface area contributed by atoms with Gasteiger partial charge in [0.05, 0.1) is 38.1 Å². The fraction of sp³-hybridized carbons (Fsp3) is 0.794. The van der Waals surface area contributed by atoms with Crippen LogP contribution in [0.15, 0.2) is 18.2 Å². The number of benzene rings is 1. The highest BCUT2D eigenvalue weighted by Gasteiger charge is 2.31. The lowest BCUT2D eigenvalue weighted by Crippen LogP contribution is -2.48. The summed E-state index contributed by atoms with van der Waals surface area (Å²) < 4.78 is 28.4. The average molecular weight is 596 g/mol. The van der Waals surface area contributed by atoms with Crippen LogP contribution in [-0.4, -0.2) is 68.6 Å². The van der Waals surface area contributed by atoms with Crippen LogP contribution >= 0.6 is 0 Å². The lowest BCUT2D eigenvalue weighted by Gasteiger charge is -2.34. The molecule has 0 aromatic heterocycles. The summed E-state index contributed by atoms with van der Waals surface area (Å²) in [5, 5.41) is 14.6. The Morgan fingerprint density at radius 3 is 2.05 bits per heavy atom. The standard InChI is InChI=1S/C34H61NO7/c1-23(2)26(18-25-14-15-30(39-12)31(19-25)40-17-13-16-38-11)20-28(35-32(37)42-34(8,9)10)29(36)21-27(24(3)4)22-41-33(5,6)7/h14-15,19,23-24,26-29,36H,13,16-18,20-22H2,1-12H3,(H,35,37)/t26-,27+,28+,29-/m0/s1. The number of hydrogen-bond acceptors (Lipinski definition) is 7. The zero-order valence-electron chi connectivity index (χ0n) is 28.5. The van der Waals surface area contributed by atoms with Gasteiger partial charge in [0.2, 0.25) is 0 Å². The van der Waals surface area contributed by atoms with Gasteiger partial charge in [0.1, 0.15) is 5.60 Å². The van der Waals surface area contributed by atoms with Crippen LogP contribution in [0, 0.1) is 23.7 Å². The van der Waals surface area contributed by atoms with Crippen molar-refractivity contribution in [3.8, 4) is 11.5 Å². The highest BCUT2D eigenvalue weighted by Crippen LogP contribution is 2.32. The smallest absolute Gasteiger partial charge is 0.407 e. The van der Waals surface area contributed by atoms with Crippen molar-refractivity contribution in [3.63, 3.8) is 0 Å². The molecule has 0 saturated heterocycles. The van der Waals surface area contributed by atoms with Crippen LogP contribution in [0.25, 0.3) is 0 Å². The molecule has 4 atom stereocenters. The Hall–Kier alpha value is -2.03. The van der Waals surface area contributed by atoms with Crippen LogP contribution in [0.5, 0.6) is 11.5 Å². The van der Waals surface area contributed by atoms with Crippen LogP contribution in [0.3, 0.4) is 0 Å². The van der Waals surface area contributed by atoms with Crippen molar-refractivity contribution >= 4 is 6.09 Å². The SMILES string of the molecule is COCCCOc1cc(C[C@@H](C[C@@H](NC(=O)OC(C)(C)C)[C@@H](O)C[C@H](COC(C)(C)C)C(C)C)C(C)C)ccc1OC. The lowest BCUT2D eigenvalue weighted by atomic mass is 9.80. The molecule has 42 heavy (non-hydrogen) atoms. The molecule has 8 nitrogen and oxygen atoms in total. The first-order chi connectivity index (χ1) is 19.5. The van der Waals surface area contributed by atoms with Gasteiger partial charge in [-0.15, -0.1) is 0 Å².